The van der Waals surface area contributed by atoms with E-state index in [4.69, 9.17) is 4.74 Å². The molecule has 0 bridgehead atoms. The number of fused-ring (bicyclic) bond motifs is 2. The molecule has 2 aromatic carbocycles. The molecule has 29 heavy (non-hydrogen) atoms. The Kier molecular flexibility index (Phi) is 5.49. The Morgan fingerprint density at radius 2 is 1.97 bits per heavy atom. The number of carbonyl (C=O) groups excluding carboxylic acids is 1. The van der Waals surface area contributed by atoms with Crippen LogP contribution in [-0.2, 0) is 24.2 Å². The van der Waals surface area contributed by atoms with Gasteiger partial charge in [-0.1, -0.05) is 31.2 Å². The zero-order chi connectivity index (χ0) is 20.4. The number of nitrogens with zero attached hydrogens (tertiary/aromatic N) is 1. The lowest BCUT2D eigenvalue weighted by Crippen LogP contribution is -2.32. The first-order chi connectivity index (χ1) is 14.1. The molecule has 0 saturated heterocycles. The Balaban J connectivity index is 1.64. The summed E-state index contributed by atoms with van der Waals surface area (Å²) in [7, 11) is 0. The van der Waals surface area contributed by atoms with Crippen LogP contribution in [0, 0.1) is 6.92 Å². The van der Waals surface area contributed by atoms with Crippen LogP contribution >= 0.6 is 0 Å². The van der Waals surface area contributed by atoms with Gasteiger partial charge >= 0.3 is 5.97 Å². The molecule has 0 atom stereocenters. The van der Waals surface area contributed by atoms with E-state index in [-0.39, 0.29) is 11.4 Å². The van der Waals surface area contributed by atoms with Gasteiger partial charge in [-0.15, -0.1) is 0 Å². The second-order valence-corrected chi connectivity index (χ2v) is 7.68. The maximum atomic E-state index is 13.3. The van der Waals surface area contributed by atoms with Crippen LogP contribution in [0.4, 0.5) is 0 Å². The maximum Gasteiger partial charge on any atom is 0.338 e. The minimum absolute atomic E-state index is 0.0137. The first kappa shape index (κ1) is 19.4. The Bertz CT molecular complexity index is 1120. The molecule has 0 spiro atoms. The largest absolute Gasteiger partial charge is 0.462 e. The second kappa shape index (κ2) is 8.21. The van der Waals surface area contributed by atoms with E-state index in [1.807, 2.05) is 13.8 Å². The molecule has 2 heterocycles. The number of hydrogen-bond acceptors (Lipinski definition) is 4. The summed E-state index contributed by atoms with van der Waals surface area (Å²) in [5, 5.41) is 0.536. The van der Waals surface area contributed by atoms with E-state index < -0.39 is 0 Å². The van der Waals surface area contributed by atoms with Crippen LogP contribution in [0.3, 0.4) is 0 Å². The number of rotatable bonds is 5. The number of aryl methyl sites for hydroxylation is 1. The summed E-state index contributed by atoms with van der Waals surface area (Å²) in [6.07, 6.45) is 1.76. The molecule has 1 N–H and O–H groups in total. The molecule has 1 aromatic heterocycles. The number of pyridine rings is 1. The Morgan fingerprint density at radius 3 is 2.76 bits per heavy atom. The van der Waals surface area contributed by atoms with Gasteiger partial charge in [0.15, 0.2) is 5.43 Å². The van der Waals surface area contributed by atoms with Crippen LogP contribution in [0.15, 0.2) is 47.3 Å². The van der Waals surface area contributed by atoms with Crippen molar-refractivity contribution in [1.82, 2.24) is 9.88 Å². The first-order valence-corrected chi connectivity index (χ1v) is 10.2. The summed E-state index contributed by atoms with van der Waals surface area (Å²) in [4.78, 5) is 31.1. The number of hydrogen-bond donors (Lipinski definition) is 1. The minimum Gasteiger partial charge on any atom is -0.462 e. The highest BCUT2D eigenvalue weighted by Gasteiger charge is 2.19. The van der Waals surface area contributed by atoms with Gasteiger partial charge < -0.3 is 9.72 Å². The fraction of sp³-hybridized carbons (Fsp3) is 0.333. The SMILES string of the molecule is CCCOC(=O)c1ccc2[nH]c(C)c(CN3CCc4ccccc4C3)c(=O)c2c1. The van der Waals surface area contributed by atoms with E-state index in [9.17, 15) is 9.59 Å². The third kappa shape index (κ3) is 3.96. The molecular formula is C24H26N2O3. The summed E-state index contributed by atoms with van der Waals surface area (Å²) >= 11 is 0. The van der Waals surface area contributed by atoms with Gasteiger partial charge in [0.05, 0.1) is 12.2 Å². The van der Waals surface area contributed by atoms with Gasteiger partial charge in [-0.25, -0.2) is 4.79 Å². The lowest BCUT2D eigenvalue weighted by Gasteiger charge is -2.29. The van der Waals surface area contributed by atoms with Gasteiger partial charge in [-0.3, -0.25) is 9.69 Å². The molecule has 5 heteroatoms. The monoisotopic (exact) mass is 390 g/mol. The normalized spacial score (nSPS) is 14.0. The number of nitrogens with one attached hydrogen (secondary N) is 1. The molecule has 0 amide bonds. The Hall–Kier alpha value is -2.92. The van der Waals surface area contributed by atoms with Gasteiger partial charge in [-0.2, -0.15) is 0 Å². The highest BCUT2D eigenvalue weighted by atomic mass is 16.5. The molecule has 1 aliphatic rings. The number of carbonyl (C=O) groups is 1. The smallest absolute Gasteiger partial charge is 0.338 e. The topological polar surface area (TPSA) is 62.4 Å². The first-order valence-electron chi connectivity index (χ1n) is 10.2. The lowest BCUT2D eigenvalue weighted by atomic mass is 9.99. The third-order valence-electron chi connectivity index (χ3n) is 5.58. The van der Waals surface area contributed by atoms with Crippen molar-refractivity contribution in [3.63, 3.8) is 0 Å². The quantitative estimate of drug-likeness (QED) is 0.670. The molecule has 5 nitrogen and oxygen atoms in total. The number of esters is 1. The Labute approximate surface area is 170 Å². The van der Waals surface area contributed by atoms with E-state index in [1.54, 1.807) is 18.2 Å². The average molecular weight is 390 g/mol. The summed E-state index contributed by atoms with van der Waals surface area (Å²) < 4.78 is 5.22. The van der Waals surface area contributed by atoms with E-state index >= 15 is 0 Å². The minimum atomic E-state index is -0.386. The second-order valence-electron chi connectivity index (χ2n) is 7.68. The zero-order valence-electron chi connectivity index (χ0n) is 17.0. The molecular weight excluding hydrogens is 364 g/mol. The third-order valence-corrected chi connectivity index (χ3v) is 5.58. The van der Waals surface area contributed by atoms with Crippen LogP contribution in [0.2, 0.25) is 0 Å². The van der Waals surface area contributed by atoms with Crippen LogP contribution in [0.1, 0.15) is 46.1 Å². The van der Waals surface area contributed by atoms with E-state index in [0.717, 1.165) is 42.7 Å². The molecule has 0 fully saturated rings. The molecule has 0 aliphatic carbocycles. The molecule has 3 aromatic rings. The van der Waals surface area contributed by atoms with Gasteiger partial charge in [0, 0.05) is 41.8 Å². The predicted octanol–water partition coefficient (Wildman–Crippen LogP) is 3.96. The van der Waals surface area contributed by atoms with Crippen LogP contribution in [0.5, 0.6) is 0 Å². The van der Waals surface area contributed by atoms with Crippen LogP contribution in [0.25, 0.3) is 10.9 Å². The molecule has 0 unspecified atom stereocenters. The molecule has 4 rings (SSSR count). The molecule has 1 aliphatic heterocycles. The zero-order valence-corrected chi connectivity index (χ0v) is 17.0. The summed E-state index contributed by atoms with van der Waals surface area (Å²) in [6.45, 7) is 6.64. The standard InChI is InChI=1S/C24H26N2O3/c1-3-12-29-24(28)18-8-9-22-20(13-18)23(27)21(16(2)25-22)15-26-11-10-17-6-4-5-7-19(17)14-26/h4-9,13H,3,10-12,14-15H2,1-2H3,(H,25,27). The van der Waals surface area contributed by atoms with Gasteiger partial charge in [-0.05, 0) is 49.1 Å². The van der Waals surface area contributed by atoms with Crippen molar-refractivity contribution in [1.29, 1.82) is 0 Å². The summed E-state index contributed by atoms with van der Waals surface area (Å²) in [5.74, 6) is -0.386. The van der Waals surface area contributed by atoms with Crippen LogP contribution < -0.4 is 5.43 Å². The Morgan fingerprint density at radius 1 is 1.17 bits per heavy atom. The highest BCUT2D eigenvalue weighted by molar-refractivity contribution is 5.94. The fourth-order valence-electron chi connectivity index (χ4n) is 3.96. The van der Waals surface area contributed by atoms with Gasteiger partial charge in [0.1, 0.15) is 0 Å². The van der Waals surface area contributed by atoms with Crippen molar-refractivity contribution in [2.75, 3.05) is 13.2 Å². The van der Waals surface area contributed by atoms with Gasteiger partial charge in [0.2, 0.25) is 0 Å². The number of aromatic amines is 1. The van der Waals surface area contributed by atoms with Crippen molar-refractivity contribution in [3.05, 3.63) is 80.6 Å². The van der Waals surface area contributed by atoms with Crippen molar-refractivity contribution < 1.29 is 9.53 Å². The fourth-order valence-corrected chi connectivity index (χ4v) is 3.96. The summed E-state index contributed by atoms with van der Waals surface area (Å²) in [5.41, 5.74) is 5.50. The predicted molar refractivity (Wildman–Crippen MR) is 114 cm³/mol. The van der Waals surface area contributed by atoms with Crippen molar-refractivity contribution in [2.45, 2.75) is 39.8 Å². The van der Waals surface area contributed by atoms with Crippen LogP contribution in [-0.4, -0.2) is 29.0 Å². The molecule has 0 radical (unpaired) electrons. The number of H-pyrrole nitrogens is 1. The van der Waals surface area contributed by atoms with Gasteiger partial charge in [0.25, 0.3) is 0 Å². The molecule has 0 saturated carbocycles. The highest BCUT2D eigenvalue weighted by Crippen LogP contribution is 2.21. The number of ether oxygens (including phenoxy) is 1. The van der Waals surface area contributed by atoms with Crippen molar-refractivity contribution in [3.8, 4) is 0 Å². The maximum absolute atomic E-state index is 13.3. The summed E-state index contributed by atoms with van der Waals surface area (Å²) in [6, 6.07) is 13.6. The lowest BCUT2D eigenvalue weighted by molar-refractivity contribution is 0.0505. The van der Waals surface area contributed by atoms with E-state index in [0.29, 0.717) is 24.1 Å². The number of benzene rings is 2. The average Bonchev–Trinajstić information content (AvgIpc) is 2.74. The molecule has 150 valence electrons. The van der Waals surface area contributed by atoms with Crippen molar-refractivity contribution in [2.24, 2.45) is 0 Å². The van der Waals surface area contributed by atoms with E-state index in [2.05, 4.69) is 34.1 Å². The van der Waals surface area contributed by atoms with E-state index in [1.165, 1.54) is 11.1 Å². The van der Waals surface area contributed by atoms with Crippen molar-refractivity contribution >= 4 is 16.9 Å². The number of aromatic nitrogens is 1.